The highest BCUT2D eigenvalue weighted by Crippen LogP contribution is 2.19. The first kappa shape index (κ1) is 16.7. The van der Waals surface area contributed by atoms with E-state index in [1.165, 1.54) is 12.1 Å². The van der Waals surface area contributed by atoms with E-state index < -0.39 is 11.6 Å². The van der Waals surface area contributed by atoms with Crippen molar-refractivity contribution >= 4 is 5.82 Å². The van der Waals surface area contributed by atoms with Gasteiger partial charge in [-0.1, -0.05) is 0 Å². The lowest BCUT2D eigenvalue weighted by Crippen LogP contribution is -2.40. The lowest BCUT2D eigenvalue weighted by Gasteiger charge is -2.26. The third-order valence-corrected chi connectivity index (χ3v) is 4.04. The topological polar surface area (TPSA) is 51.1 Å². The molecule has 0 fully saturated rings. The van der Waals surface area contributed by atoms with Crippen molar-refractivity contribution in [1.29, 1.82) is 0 Å². The molecule has 1 aliphatic heterocycles. The summed E-state index contributed by atoms with van der Waals surface area (Å²) in [5.41, 5.74) is 1.01. The van der Waals surface area contributed by atoms with E-state index in [0.29, 0.717) is 12.5 Å². The number of aromatic nitrogens is 2. The zero-order valence-corrected chi connectivity index (χ0v) is 13.9. The largest absolute Gasteiger partial charge is 0.489 e. The molecular formula is C17H22F2N4O. The predicted molar refractivity (Wildman–Crippen MR) is 88.3 cm³/mol. The van der Waals surface area contributed by atoms with Crippen molar-refractivity contribution in [2.24, 2.45) is 5.92 Å². The maximum absolute atomic E-state index is 13.5. The number of hydrogen-bond acceptors (Lipinski definition) is 4. The van der Waals surface area contributed by atoms with Gasteiger partial charge in [0.1, 0.15) is 18.2 Å². The Morgan fingerprint density at radius 2 is 2.25 bits per heavy atom. The number of rotatable bonds is 6. The van der Waals surface area contributed by atoms with Crippen LogP contribution < -0.4 is 15.4 Å². The molecule has 0 saturated heterocycles. The fraction of sp³-hybridized carbons (Fsp3) is 0.471. The van der Waals surface area contributed by atoms with Crippen LogP contribution >= 0.6 is 0 Å². The summed E-state index contributed by atoms with van der Waals surface area (Å²) in [5.74, 6) is 0.263. The van der Waals surface area contributed by atoms with E-state index in [1.807, 2.05) is 24.6 Å². The molecule has 1 aromatic carbocycles. The Bertz CT molecular complexity index is 704. The third kappa shape index (κ3) is 4.03. The number of fused-ring (bicyclic) bond motifs is 1. The van der Waals surface area contributed by atoms with Gasteiger partial charge in [0.25, 0.3) is 0 Å². The number of benzene rings is 1. The summed E-state index contributed by atoms with van der Waals surface area (Å²) in [7, 11) is 0. The predicted octanol–water partition coefficient (Wildman–Crippen LogP) is 2.57. The van der Waals surface area contributed by atoms with E-state index in [9.17, 15) is 8.78 Å². The molecule has 2 N–H and O–H groups in total. The number of halogens is 2. The van der Waals surface area contributed by atoms with E-state index in [4.69, 9.17) is 4.74 Å². The minimum Gasteiger partial charge on any atom is -0.489 e. The van der Waals surface area contributed by atoms with Gasteiger partial charge in [-0.3, -0.25) is 0 Å². The van der Waals surface area contributed by atoms with Crippen molar-refractivity contribution in [3.05, 3.63) is 41.6 Å². The van der Waals surface area contributed by atoms with E-state index >= 15 is 0 Å². The normalized spacial score (nSPS) is 17.9. The molecule has 0 unspecified atom stereocenters. The molecule has 7 heteroatoms. The van der Waals surface area contributed by atoms with E-state index in [0.717, 1.165) is 37.2 Å². The maximum atomic E-state index is 13.5. The number of aryl methyl sites for hydroxylation is 1. The van der Waals surface area contributed by atoms with E-state index in [1.54, 1.807) is 0 Å². The number of hydrogen-bond donors (Lipinski definition) is 2. The highest BCUT2D eigenvalue weighted by molar-refractivity contribution is 5.38. The van der Waals surface area contributed by atoms with Crippen LogP contribution in [0.3, 0.4) is 0 Å². The van der Waals surface area contributed by atoms with Crippen LogP contribution in [0.4, 0.5) is 14.6 Å². The molecule has 0 spiro atoms. The average molecular weight is 336 g/mol. The first-order chi connectivity index (χ1) is 11.5. The Balaban J connectivity index is 1.43. The van der Waals surface area contributed by atoms with Crippen LogP contribution in [0.25, 0.3) is 0 Å². The summed E-state index contributed by atoms with van der Waals surface area (Å²) >= 11 is 0. The van der Waals surface area contributed by atoms with Crippen molar-refractivity contribution in [3.8, 4) is 5.75 Å². The summed E-state index contributed by atoms with van der Waals surface area (Å²) in [5, 5.41) is 11.2. The molecule has 0 amide bonds. The minimum atomic E-state index is -0.680. The average Bonchev–Trinajstić information content (AvgIpc) is 2.91. The molecule has 1 aliphatic rings. The Hall–Kier alpha value is -2.15. The number of nitrogens with zero attached hydrogens (tertiary/aromatic N) is 2. The molecule has 24 heavy (non-hydrogen) atoms. The smallest absolute Gasteiger partial charge is 0.167 e. The molecule has 5 nitrogen and oxygen atoms in total. The van der Waals surface area contributed by atoms with Gasteiger partial charge in [0.2, 0.25) is 0 Å². The lowest BCUT2D eigenvalue weighted by atomic mass is 10.1. The first-order valence-corrected chi connectivity index (χ1v) is 8.11. The van der Waals surface area contributed by atoms with Crippen molar-refractivity contribution < 1.29 is 13.5 Å². The van der Waals surface area contributed by atoms with Crippen molar-refractivity contribution in [1.82, 2.24) is 15.1 Å². The van der Waals surface area contributed by atoms with Crippen LogP contribution in [-0.4, -0.2) is 35.5 Å². The zero-order valence-electron chi connectivity index (χ0n) is 13.9. The zero-order chi connectivity index (χ0) is 17.1. The Morgan fingerprint density at radius 1 is 1.42 bits per heavy atom. The minimum absolute atomic E-state index is 0.0511. The SMILES string of the molecule is Cc1cc2n(n1)C[C@H](CN[C@@H](C)COc1ccc(F)cc1F)CN2. The van der Waals surface area contributed by atoms with Gasteiger partial charge in [-0.05, 0) is 26.0 Å². The molecule has 3 rings (SSSR count). The molecule has 1 aromatic heterocycles. The molecule has 2 atom stereocenters. The number of nitrogens with one attached hydrogen (secondary N) is 2. The third-order valence-electron chi connectivity index (χ3n) is 4.04. The van der Waals surface area contributed by atoms with Gasteiger partial charge in [0, 0.05) is 43.7 Å². The van der Waals surface area contributed by atoms with Crippen LogP contribution in [0.2, 0.25) is 0 Å². The summed E-state index contributed by atoms with van der Waals surface area (Å²) < 4.78 is 33.8. The second kappa shape index (κ2) is 7.17. The molecule has 2 aromatic rings. The Labute approximate surface area is 140 Å². The van der Waals surface area contributed by atoms with Gasteiger partial charge in [0.05, 0.1) is 5.69 Å². The molecular weight excluding hydrogens is 314 g/mol. The quantitative estimate of drug-likeness (QED) is 0.851. The van der Waals surface area contributed by atoms with E-state index in [2.05, 4.69) is 15.7 Å². The van der Waals surface area contributed by atoms with Gasteiger partial charge in [0.15, 0.2) is 11.6 Å². The molecule has 2 heterocycles. The van der Waals surface area contributed by atoms with Gasteiger partial charge in [-0.2, -0.15) is 5.10 Å². The summed E-state index contributed by atoms with van der Waals surface area (Å²) in [6.45, 7) is 6.83. The fourth-order valence-corrected chi connectivity index (χ4v) is 2.76. The van der Waals surface area contributed by atoms with E-state index in [-0.39, 0.29) is 11.8 Å². The first-order valence-electron chi connectivity index (χ1n) is 8.11. The van der Waals surface area contributed by atoms with Gasteiger partial charge in [-0.15, -0.1) is 0 Å². The lowest BCUT2D eigenvalue weighted by molar-refractivity contribution is 0.252. The second-order valence-electron chi connectivity index (χ2n) is 6.30. The van der Waals surface area contributed by atoms with Crippen LogP contribution in [0.15, 0.2) is 24.3 Å². The van der Waals surface area contributed by atoms with Crippen molar-refractivity contribution in [2.45, 2.75) is 26.4 Å². The monoisotopic (exact) mass is 336 g/mol. The number of anilines is 1. The van der Waals surface area contributed by atoms with Crippen LogP contribution in [0.5, 0.6) is 5.75 Å². The molecule has 0 saturated carbocycles. The Morgan fingerprint density at radius 3 is 3.04 bits per heavy atom. The number of ether oxygens (including phenoxy) is 1. The Kier molecular flexibility index (Phi) is 4.99. The molecule has 130 valence electrons. The highest BCUT2D eigenvalue weighted by atomic mass is 19.1. The van der Waals surface area contributed by atoms with Gasteiger partial charge < -0.3 is 15.4 Å². The van der Waals surface area contributed by atoms with Gasteiger partial charge in [-0.25, -0.2) is 13.5 Å². The fourth-order valence-electron chi connectivity index (χ4n) is 2.76. The van der Waals surface area contributed by atoms with Crippen LogP contribution in [-0.2, 0) is 6.54 Å². The van der Waals surface area contributed by atoms with Crippen molar-refractivity contribution in [3.63, 3.8) is 0 Å². The molecule has 0 radical (unpaired) electrons. The van der Waals surface area contributed by atoms with Crippen LogP contribution in [0, 0.1) is 24.5 Å². The highest BCUT2D eigenvalue weighted by Gasteiger charge is 2.19. The maximum Gasteiger partial charge on any atom is 0.167 e. The second-order valence-corrected chi connectivity index (χ2v) is 6.30. The van der Waals surface area contributed by atoms with Crippen molar-refractivity contribution in [2.75, 3.05) is 25.0 Å². The summed E-state index contributed by atoms with van der Waals surface area (Å²) in [6, 6.07) is 5.41. The standard InChI is InChI=1S/C17H22F2N4O/c1-11-5-17-21-8-13(9-23(17)22-11)7-20-12(2)10-24-16-4-3-14(18)6-15(16)19/h3-6,12-13,20-21H,7-10H2,1-2H3/t12-,13+/m0/s1. The summed E-state index contributed by atoms with van der Waals surface area (Å²) in [6.07, 6.45) is 0. The van der Waals surface area contributed by atoms with Crippen LogP contribution in [0.1, 0.15) is 12.6 Å². The molecule has 0 bridgehead atoms. The molecule has 0 aliphatic carbocycles. The van der Waals surface area contributed by atoms with Gasteiger partial charge >= 0.3 is 0 Å². The summed E-state index contributed by atoms with van der Waals surface area (Å²) in [4.78, 5) is 0.